The van der Waals surface area contributed by atoms with Crippen LogP contribution in [0, 0.1) is 18.8 Å². The number of amidine groups is 1. The van der Waals surface area contributed by atoms with Crippen molar-refractivity contribution in [1.29, 1.82) is 0 Å². The minimum absolute atomic E-state index is 0.0694. The minimum Gasteiger partial charge on any atom is -0.409 e. The van der Waals surface area contributed by atoms with E-state index >= 15 is 0 Å². The van der Waals surface area contributed by atoms with E-state index < -0.39 is 5.92 Å². The maximum absolute atomic E-state index is 12.0. The second-order valence-corrected chi connectivity index (χ2v) is 4.61. The molecular formula is C12H19N5O2. The molecule has 4 N–H and O–H groups in total. The van der Waals surface area contributed by atoms with Crippen LogP contribution in [-0.2, 0) is 11.3 Å². The van der Waals surface area contributed by atoms with Crippen molar-refractivity contribution < 1.29 is 10.0 Å². The summed E-state index contributed by atoms with van der Waals surface area (Å²) in [4.78, 5) is 20.2. The molecule has 0 spiro atoms. The molecule has 0 bridgehead atoms. The predicted octanol–water partition coefficient (Wildman–Crippen LogP) is 0.420. The molecule has 0 aliphatic heterocycles. The molecule has 0 aromatic carbocycles. The van der Waals surface area contributed by atoms with E-state index in [2.05, 4.69) is 20.4 Å². The van der Waals surface area contributed by atoms with Gasteiger partial charge in [0.2, 0.25) is 5.91 Å². The second-order valence-electron chi connectivity index (χ2n) is 4.61. The summed E-state index contributed by atoms with van der Waals surface area (Å²) in [6, 6.07) is 0. The average Bonchev–Trinajstić information content (AvgIpc) is 2.37. The first-order chi connectivity index (χ1) is 8.95. The Labute approximate surface area is 111 Å². The van der Waals surface area contributed by atoms with Crippen LogP contribution in [0.25, 0.3) is 0 Å². The van der Waals surface area contributed by atoms with Crippen molar-refractivity contribution in [3.8, 4) is 0 Å². The van der Waals surface area contributed by atoms with Gasteiger partial charge in [-0.1, -0.05) is 19.0 Å². The lowest BCUT2D eigenvalue weighted by Crippen LogP contribution is -2.41. The number of oxime groups is 1. The van der Waals surface area contributed by atoms with E-state index in [1.165, 1.54) is 0 Å². The second kappa shape index (κ2) is 6.67. The number of carbonyl (C=O) groups is 1. The van der Waals surface area contributed by atoms with E-state index in [1.54, 1.807) is 12.4 Å². The third-order valence-electron chi connectivity index (χ3n) is 2.66. The highest BCUT2D eigenvalue weighted by atomic mass is 16.4. The molecule has 0 saturated heterocycles. The summed E-state index contributed by atoms with van der Waals surface area (Å²) in [5.41, 5.74) is 6.98. The van der Waals surface area contributed by atoms with Crippen molar-refractivity contribution in [3.63, 3.8) is 0 Å². The topological polar surface area (TPSA) is 113 Å². The summed E-state index contributed by atoms with van der Waals surface area (Å²) >= 11 is 0. The van der Waals surface area contributed by atoms with Crippen LogP contribution in [0.3, 0.4) is 0 Å². The van der Waals surface area contributed by atoms with Crippen LogP contribution >= 0.6 is 0 Å². The Morgan fingerprint density at radius 3 is 2.63 bits per heavy atom. The molecule has 1 unspecified atom stereocenters. The maximum Gasteiger partial charge on any atom is 0.231 e. The monoisotopic (exact) mass is 265 g/mol. The molecule has 1 rings (SSSR count). The predicted molar refractivity (Wildman–Crippen MR) is 70.4 cm³/mol. The first-order valence-corrected chi connectivity index (χ1v) is 5.98. The normalized spacial score (nSPS) is 13.4. The highest BCUT2D eigenvalue weighted by Gasteiger charge is 2.26. The van der Waals surface area contributed by atoms with Crippen molar-refractivity contribution in [2.45, 2.75) is 27.3 Å². The first kappa shape index (κ1) is 14.9. The van der Waals surface area contributed by atoms with Crippen LogP contribution in [0.15, 0.2) is 17.5 Å². The van der Waals surface area contributed by atoms with Crippen LogP contribution in [-0.4, -0.2) is 26.9 Å². The van der Waals surface area contributed by atoms with Gasteiger partial charge in [0.15, 0.2) is 5.84 Å². The molecule has 1 aromatic rings. The number of nitrogens with zero attached hydrogens (tertiary/aromatic N) is 3. The molecule has 7 heteroatoms. The van der Waals surface area contributed by atoms with Crippen molar-refractivity contribution in [2.24, 2.45) is 22.7 Å². The number of rotatable bonds is 5. The number of nitrogens with one attached hydrogen (secondary N) is 1. The zero-order chi connectivity index (χ0) is 14.4. The first-order valence-electron chi connectivity index (χ1n) is 5.98. The smallest absolute Gasteiger partial charge is 0.231 e. The number of hydrogen-bond donors (Lipinski definition) is 3. The fraction of sp³-hybridized carbons (Fsp3) is 0.500. The van der Waals surface area contributed by atoms with Gasteiger partial charge in [-0.15, -0.1) is 0 Å². The maximum atomic E-state index is 12.0. The summed E-state index contributed by atoms with van der Waals surface area (Å²) < 4.78 is 0. The van der Waals surface area contributed by atoms with Gasteiger partial charge in [-0.25, -0.2) is 0 Å². The van der Waals surface area contributed by atoms with E-state index in [1.807, 2.05) is 20.8 Å². The molecule has 0 aliphatic rings. The molecule has 1 aromatic heterocycles. The van der Waals surface area contributed by atoms with Crippen molar-refractivity contribution in [3.05, 3.63) is 23.8 Å². The average molecular weight is 265 g/mol. The number of nitrogens with two attached hydrogens (primary N) is 1. The Kier molecular flexibility index (Phi) is 5.23. The largest absolute Gasteiger partial charge is 0.409 e. The highest BCUT2D eigenvalue weighted by molar-refractivity contribution is 6.02. The number of carbonyl (C=O) groups excluding carboxylic acids is 1. The SMILES string of the molecule is Cc1cnc(CNC(=O)C(C(N)=NO)C(C)C)cn1. The molecule has 0 radical (unpaired) electrons. The Morgan fingerprint density at radius 1 is 1.47 bits per heavy atom. The van der Waals surface area contributed by atoms with Gasteiger partial charge in [-0.05, 0) is 12.8 Å². The van der Waals surface area contributed by atoms with E-state index in [0.717, 1.165) is 5.69 Å². The van der Waals surface area contributed by atoms with Gasteiger partial charge in [0.05, 0.1) is 24.1 Å². The molecule has 104 valence electrons. The Bertz CT molecular complexity index is 456. The van der Waals surface area contributed by atoms with E-state index in [-0.39, 0.29) is 24.2 Å². The lowest BCUT2D eigenvalue weighted by molar-refractivity contribution is -0.124. The van der Waals surface area contributed by atoms with Gasteiger partial charge >= 0.3 is 0 Å². The fourth-order valence-corrected chi connectivity index (χ4v) is 1.64. The van der Waals surface area contributed by atoms with E-state index in [0.29, 0.717) is 5.69 Å². The highest BCUT2D eigenvalue weighted by Crippen LogP contribution is 2.11. The molecular weight excluding hydrogens is 246 g/mol. The minimum atomic E-state index is -0.664. The molecule has 1 amide bonds. The van der Waals surface area contributed by atoms with Gasteiger partial charge in [0.1, 0.15) is 5.92 Å². The number of hydrogen-bond acceptors (Lipinski definition) is 5. The number of aryl methyl sites for hydroxylation is 1. The van der Waals surface area contributed by atoms with Crippen molar-refractivity contribution in [1.82, 2.24) is 15.3 Å². The molecule has 0 fully saturated rings. The van der Waals surface area contributed by atoms with Gasteiger partial charge < -0.3 is 16.3 Å². The molecule has 0 saturated carbocycles. The number of amides is 1. The van der Waals surface area contributed by atoms with Crippen LogP contribution in [0.4, 0.5) is 0 Å². The summed E-state index contributed by atoms with van der Waals surface area (Å²) in [5.74, 6) is -1.13. The number of aromatic nitrogens is 2. The van der Waals surface area contributed by atoms with Gasteiger partial charge in [0, 0.05) is 6.20 Å². The molecule has 19 heavy (non-hydrogen) atoms. The summed E-state index contributed by atoms with van der Waals surface area (Å²) in [6.45, 7) is 5.75. The molecule has 1 heterocycles. The van der Waals surface area contributed by atoms with E-state index in [4.69, 9.17) is 10.9 Å². The zero-order valence-corrected chi connectivity index (χ0v) is 11.3. The van der Waals surface area contributed by atoms with Crippen LogP contribution < -0.4 is 11.1 Å². The zero-order valence-electron chi connectivity index (χ0n) is 11.3. The molecule has 0 aliphatic carbocycles. The lowest BCUT2D eigenvalue weighted by Gasteiger charge is -2.18. The van der Waals surface area contributed by atoms with Crippen molar-refractivity contribution >= 4 is 11.7 Å². The lowest BCUT2D eigenvalue weighted by atomic mass is 9.94. The van der Waals surface area contributed by atoms with Gasteiger partial charge in [-0.2, -0.15) is 0 Å². The van der Waals surface area contributed by atoms with Gasteiger partial charge in [-0.3, -0.25) is 14.8 Å². The van der Waals surface area contributed by atoms with Crippen LogP contribution in [0.2, 0.25) is 0 Å². The summed E-state index contributed by atoms with van der Waals surface area (Å²) in [7, 11) is 0. The third-order valence-corrected chi connectivity index (χ3v) is 2.66. The van der Waals surface area contributed by atoms with E-state index in [9.17, 15) is 4.79 Å². The Balaban J connectivity index is 2.65. The molecule has 7 nitrogen and oxygen atoms in total. The Hall–Kier alpha value is -2.18. The quantitative estimate of drug-likeness (QED) is 0.309. The Morgan fingerprint density at radius 2 is 2.16 bits per heavy atom. The van der Waals surface area contributed by atoms with Crippen LogP contribution in [0.1, 0.15) is 25.2 Å². The van der Waals surface area contributed by atoms with Crippen LogP contribution in [0.5, 0.6) is 0 Å². The molecule has 1 atom stereocenters. The van der Waals surface area contributed by atoms with Gasteiger partial charge in [0.25, 0.3) is 0 Å². The fourth-order valence-electron chi connectivity index (χ4n) is 1.64. The summed E-state index contributed by atoms with van der Waals surface area (Å²) in [5, 5.41) is 14.3. The summed E-state index contributed by atoms with van der Waals surface area (Å²) in [6.07, 6.45) is 3.23. The third kappa shape index (κ3) is 4.20. The standard InChI is InChI=1S/C12H19N5O2/c1-7(2)10(11(13)17-19)12(18)16-6-9-5-14-8(3)4-15-9/h4-5,7,10,19H,6H2,1-3H3,(H2,13,17)(H,16,18). The van der Waals surface area contributed by atoms with Crippen molar-refractivity contribution in [2.75, 3.05) is 0 Å².